The normalized spacial score (nSPS) is 11.8. The Hall–Kier alpha value is -3.72. The van der Waals surface area contributed by atoms with Gasteiger partial charge in [-0.2, -0.15) is 0 Å². The molecule has 0 fully saturated rings. The van der Waals surface area contributed by atoms with Gasteiger partial charge < -0.3 is 21.1 Å². The summed E-state index contributed by atoms with van der Waals surface area (Å²) in [7, 11) is 0. The van der Waals surface area contributed by atoms with Crippen LogP contribution in [0.5, 0.6) is 0 Å². The number of pyridine rings is 1. The lowest BCUT2D eigenvalue weighted by atomic mass is 9.99. The van der Waals surface area contributed by atoms with E-state index in [0.717, 1.165) is 30.5 Å². The predicted molar refractivity (Wildman–Crippen MR) is 130 cm³/mol. The number of anilines is 3. The van der Waals surface area contributed by atoms with Crippen LogP contribution in [-0.4, -0.2) is 35.2 Å². The molecule has 0 saturated heterocycles. The Kier molecular flexibility index (Phi) is 6.15. The number of imidazole rings is 1. The Morgan fingerprint density at radius 3 is 2.52 bits per heavy atom. The number of nitrogens with zero attached hydrogens (tertiary/aromatic N) is 4. The summed E-state index contributed by atoms with van der Waals surface area (Å²) < 4.78 is 1.53. The second-order valence-electron chi connectivity index (χ2n) is 8.91. The molecule has 0 aliphatic rings. The third kappa shape index (κ3) is 5.56. The lowest BCUT2D eigenvalue weighted by Crippen LogP contribution is -2.18. The van der Waals surface area contributed by atoms with Crippen LogP contribution in [-0.2, 0) is 13.0 Å². The van der Waals surface area contributed by atoms with Gasteiger partial charge in [-0.1, -0.05) is 18.2 Å². The summed E-state index contributed by atoms with van der Waals surface area (Å²) >= 11 is 0. The first-order chi connectivity index (χ1) is 15.7. The SMILES string of the molecule is Cc1nc(N)c2[nH]c(=O)n(Cc3ccc(Nc4ccc(CCCC(C)(C)O)cc4)nc3)c2n1. The Labute approximate surface area is 191 Å². The first-order valence-corrected chi connectivity index (χ1v) is 10.9. The largest absolute Gasteiger partial charge is 0.390 e. The summed E-state index contributed by atoms with van der Waals surface area (Å²) in [5, 5.41) is 13.1. The van der Waals surface area contributed by atoms with Gasteiger partial charge in [-0.3, -0.25) is 4.57 Å². The number of nitrogen functional groups attached to an aromatic ring is 1. The molecule has 1 aromatic carbocycles. The van der Waals surface area contributed by atoms with Gasteiger partial charge in [0, 0.05) is 11.9 Å². The molecule has 0 radical (unpaired) electrons. The van der Waals surface area contributed by atoms with Crippen molar-refractivity contribution in [3.05, 3.63) is 70.0 Å². The number of fused-ring (bicyclic) bond motifs is 1. The molecule has 0 unspecified atom stereocenters. The maximum absolute atomic E-state index is 12.4. The molecular formula is C24H29N7O2. The zero-order valence-corrected chi connectivity index (χ0v) is 19.1. The number of nitrogens with two attached hydrogens (primary N) is 1. The smallest absolute Gasteiger partial charge is 0.328 e. The summed E-state index contributed by atoms with van der Waals surface area (Å²) in [6.07, 6.45) is 4.38. The van der Waals surface area contributed by atoms with Gasteiger partial charge >= 0.3 is 5.69 Å². The van der Waals surface area contributed by atoms with E-state index in [0.29, 0.717) is 29.4 Å². The number of aromatic amines is 1. The fourth-order valence-corrected chi connectivity index (χ4v) is 3.71. The van der Waals surface area contributed by atoms with Crippen LogP contribution in [0, 0.1) is 6.92 Å². The average molecular weight is 448 g/mol. The molecule has 4 rings (SSSR count). The number of aromatic nitrogens is 5. The van der Waals surface area contributed by atoms with E-state index in [1.54, 1.807) is 13.1 Å². The molecule has 172 valence electrons. The topological polar surface area (TPSA) is 135 Å². The van der Waals surface area contributed by atoms with Crippen molar-refractivity contribution in [2.45, 2.75) is 52.2 Å². The molecule has 3 heterocycles. The maximum atomic E-state index is 12.4. The highest BCUT2D eigenvalue weighted by molar-refractivity contribution is 5.81. The molecule has 3 aromatic heterocycles. The van der Waals surface area contributed by atoms with E-state index in [4.69, 9.17) is 5.73 Å². The second-order valence-corrected chi connectivity index (χ2v) is 8.91. The number of benzene rings is 1. The molecule has 9 nitrogen and oxygen atoms in total. The fourth-order valence-electron chi connectivity index (χ4n) is 3.71. The molecular weight excluding hydrogens is 418 g/mol. The maximum Gasteiger partial charge on any atom is 0.328 e. The van der Waals surface area contributed by atoms with Gasteiger partial charge in [0.25, 0.3) is 0 Å². The summed E-state index contributed by atoms with van der Waals surface area (Å²) in [5.74, 6) is 1.48. The Balaban J connectivity index is 1.41. The predicted octanol–water partition coefficient (Wildman–Crippen LogP) is 3.29. The van der Waals surface area contributed by atoms with E-state index in [-0.39, 0.29) is 11.5 Å². The van der Waals surface area contributed by atoms with Crippen molar-refractivity contribution >= 4 is 28.5 Å². The van der Waals surface area contributed by atoms with E-state index >= 15 is 0 Å². The van der Waals surface area contributed by atoms with Crippen LogP contribution in [0.4, 0.5) is 17.3 Å². The Bertz CT molecular complexity index is 1300. The minimum absolute atomic E-state index is 0.259. The van der Waals surface area contributed by atoms with Crippen LogP contribution in [0.25, 0.3) is 11.2 Å². The van der Waals surface area contributed by atoms with Crippen LogP contribution in [0.15, 0.2) is 47.4 Å². The highest BCUT2D eigenvalue weighted by Gasteiger charge is 2.13. The minimum Gasteiger partial charge on any atom is -0.390 e. The standard InChI is InChI=1S/C24H29N7O2/c1-15-27-21(25)20-22(28-15)31(23(32)30-20)14-17-8-11-19(26-13-17)29-18-9-6-16(7-10-18)5-4-12-24(2,3)33/h6-11,13,33H,4-5,12,14H2,1-3H3,(H,26,29)(H,30,32)(H2,25,27,28). The lowest BCUT2D eigenvalue weighted by Gasteiger charge is -2.16. The molecule has 0 spiro atoms. The van der Waals surface area contributed by atoms with Crippen molar-refractivity contribution < 1.29 is 5.11 Å². The van der Waals surface area contributed by atoms with Gasteiger partial charge in [-0.25, -0.2) is 19.7 Å². The molecule has 0 saturated carbocycles. The van der Waals surface area contributed by atoms with Crippen molar-refractivity contribution in [2.75, 3.05) is 11.1 Å². The van der Waals surface area contributed by atoms with Crippen LogP contribution in [0.1, 0.15) is 43.6 Å². The van der Waals surface area contributed by atoms with E-state index in [9.17, 15) is 9.90 Å². The van der Waals surface area contributed by atoms with Crippen molar-refractivity contribution in [3.8, 4) is 0 Å². The van der Waals surface area contributed by atoms with E-state index < -0.39 is 5.60 Å². The van der Waals surface area contributed by atoms with E-state index in [1.807, 2.05) is 38.1 Å². The van der Waals surface area contributed by atoms with Crippen LogP contribution >= 0.6 is 0 Å². The summed E-state index contributed by atoms with van der Waals surface area (Å²) in [6, 6.07) is 12.0. The van der Waals surface area contributed by atoms with Crippen molar-refractivity contribution in [2.24, 2.45) is 0 Å². The summed E-state index contributed by atoms with van der Waals surface area (Å²) in [5.41, 5.74) is 8.96. The molecule has 9 heteroatoms. The summed E-state index contributed by atoms with van der Waals surface area (Å²) in [6.45, 7) is 5.73. The monoisotopic (exact) mass is 447 g/mol. The van der Waals surface area contributed by atoms with Crippen LogP contribution < -0.4 is 16.7 Å². The first-order valence-electron chi connectivity index (χ1n) is 10.9. The highest BCUT2D eigenvalue weighted by atomic mass is 16.3. The molecule has 0 aliphatic carbocycles. The molecule has 4 aromatic rings. The molecule has 0 aliphatic heterocycles. The van der Waals surface area contributed by atoms with Crippen LogP contribution in [0.3, 0.4) is 0 Å². The number of hydrogen-bond acceptors (Lipinski definition) is 7. The second kappa shape index (κ2) is 9.03. The van der Waals surface area contributed by atoms with Gasteiger partial charge in [0.05, 0.1) is 12.1 Å². The number of aliphatic hydroxyl groups is 1. The first kappa shape index (κ1) is 22.5. The van der Waals surface area contributed by atoms with Gasteiger partial charge in [0.2, 0.25) is 0 Å². The number of rotatable bonds is 8. The van der Waals surface area contributed by atoms with Crippen molar-refractivity contribution in [1.82, 2.24) is 24.5 Å². The quantitative estimate of drug-likeness (QED) is 0.325. The molecule has 0 amide bonds. The van der Waals surface area contributed by atoms with E-state index in [2.05, 4.69) is 37.4 Å². The van der Waals surface area contributed by atoms with E-state index in [1.165, 1.54) is 10.1 Å². The molecule has 5 N–H and O–H groups in total. The van der Waals surface area contributed by atoms with Gasteiger partial charge in [-0.05, 0) is 69.4 Å². The van der Waals surface area contributed by atoms with Gasteiger partial charge in [0.1, 0.15) is 17.2 Å². The number of hydrogen-bond donors (Lipinski definition) is 4. The fraction of sp³-hybridized carbons (Fsp3) is 0.333. The Morgan fingerprint density at radius 2 is 1.85 bits per heavy atom. The molecule has 33 heavy (non-hydrogen) atoms. The Morgan fingerprint density at radius 1 is 1.12 bits per heavy atom. The summed E-state index contributed by atoms with van der Waals surface area (Å²) in [4.78, 5) is 28.1. The number of aryl methyl sites for hydroxylation is 2. The third-order valence-corrected chi connectivity index (χ3v) is 5.41. The highest BCUT2D eigenvalue weighted by Crippen LogP contribution is 2.19. The van der Waals surface area contributed by atoms with Gasteiger partial charge in [-0.15, -0.1) is 0 Å². The van der Waals surface area contributed by atoms with Crippen LogP contribution in [0.2, 0.25) is 0 Å². The van der Waals surface area contributed by atoms with Crippen molar-refractivity contribution in [3.63, 3.8) is 0 Å². The zero-order valence-electron chi connectivity index (χ0n) is 19.1. The van der Waals surface area contributed by atoms with Crippen molar-refractivity contribution in [1.29, 1.82) is 0 Å². The van der Waals surface area contributed by atoms with Gasteiger partial charge in [0.15, 0.2) is 11.5 Å². The number of H-pyrrole nitrogens is 1. The third-order valence-electron chi connectivity index (χ3n) is 5.41. The molecule has 0 atom stereocenters. The zero-order chi connectivity index (χ0) is 23.6. The number of nitrogens with one attached hydrogen (secondary N) is 2. The lowest BCUT2D eigenvalue weighted by molar-refractivity contribution is 0.0689. The minimum atomic E-state index is -0.624. The average Bonchev–Trinajstić information content (AvgIpc) is 3.05. The molecule has 0 bridgehead atoms.